The van der Waals surface area contributed by atoms with Crippen molar-refractivity contribution in [1.29, 1.82) is 0 Å². The maximum Gasteiger partial charge on any atom is 0.261 e. The molecule has 19 heavy (non-hydrogen) atoms. The molecule has 2 aromatic rings. The number of hydrogen-bond acceptors (Lipinski definition) is 2. The standard InChI is InChI=1S/C13H11BrClNO2S/c1-9-2-3-10(14)8-13(9)16-19(17,18)12-6-4-11(15)5-7-12/h2-8,16H,1H3. The molecule has 0 unspecified atom stereocenters. The van der Waals surface area contributed by atoms with Crippen LogP contribution in [-0.2, 0) is 10.0 Å². The molecule has 0 fully saturated rings. The zero-order chi connectivity index (χ0) is 14.0. The Labute approximate surface area is 125 Å². The van der Waals surface area contributed by atoms with Crippen LogP contribution in [0.2, 0.25) is 5.02 Å². The summed E-state index contributed by atoms with van der Waals surface area (Å²) in [6, 6.07) is 11.5. The Balaban J connectivity index is 2.36. The van der Waals surface area contributed by atoms with E-state index in [2.05, 4.69) is 20.7 Å². The molecule has 0 saturated carbocycles. The molecule has 0 heterocycles. The first-order valence-corrected chi connectivity index (χ1v) is 8.08. The largest absolute Gasteiger partial charge is 0.279 e. The topological polar surface area (TPSA) is 46.2 Å². The Bertz CT molecular complexity index is 699. The Morgan fingerprint density at radius 2 is 1.74 bits per heavy atom. The molecular weight excluding hydrogens is 350 g/mol. The summed E-state index contributed by atoms with van der Waals surface area (Å²) in [4.78, 5) is 0.177. The number of halogens is 2. The average Bonchev–Trinajstić information content (AvgIpc) is 2.34. The predicted molar refractivity (Wildman–Crippen MR) is 81.1 cm³/mol. The van der Waals surface area contributed by atoms with Crippen LogP contribution in [0.4, 0.5) is 5.69 Å². The first-order chi connectivity index (χ1) is 8.88. The predicted octanol–water partition coefficient (Wildman–Crippen LogP) is 4.21. The average molecular weight is 361 g/mol. The Morgan fingerprint density at radius 3 is 2.37 bits per heavy atom. The fraction of sp³-hybridized carbons (Fsp3) is 0.0769. The third-order valence-electron chi connectivity index (χ3n) is 2.57. The number of nitrogens with one attached hydrogen (secondary N) is 1. The molecule has 1 N–H and O–H groups in total. The Kier molecular flexibility index (Phi) is 4.18. The molecule has 6 heteroatoms. The lowest BCUT2D eigenvalue weighted by molar-refractivity contribution is 0.601. The second-order valence-corrected chi connectivity index (χ2v) is 7.05. The maximum absolute atomic E-state index is 12.2. The van der Waals surface area contributed by atoms with Gasteiger partial charge < -0.3 is 0 Å². The number of anilines is 1. The van der Waals surface area contributed by atoms with Crippen LogP contribution in [0.1, 0.15) is 5.56 Å². The first kappa shape index (κ1) is 14.4. The summed E-state index contributed by atoms with van der Waals surface area (Å²) in [6.07, 6.45) is 0. The van der Waals surface area contributed by atoms with Crippen molar-refractivity contribution in [3.63, 3.8) is 0 Å². The van der Waals surface area contributed by atoms with Gasteiger partial charge in [-0.25, -0.2) is 8.42 Å². The minimum atomic E-state index is -3.60. The molecule has 0 atom stereocenters. The lowest BCUT2D eigenvalue weighted by Crippen LogP contribution is -2.13. The molecule has 2 aromatic carbocycles. The van der Waals surface area contributed by atoms with E-state index in [1.807, 2.05) is 19.1 Å². The number of hydrogen-bond donors (Lipinski definition) is 1. The molecule has 0 spiro atoms. The molecule has 3 nitrogen and oxygen atoms in total. The van der Waals surface area contributed by atoms with Gasteiger partial charge in [-0.1, -0.05) is 33.6 Å². The minimum Gasteiger partial charge on any atom is -0.279 e. The van der Waals surface area contributed by atoms with Gasteiger partial charge in [-0.15, -0.1) is 0 Å². The molecule has 0 bridgehead atoms. The number of rotatable bonds is 3. The normalized spacial score (nSPS) is 11.3. The zero-order valence-corrected chi connectivity index (χ0v) is 13.2. The summed E-state index contributed by atoms with van der Waals surface area (Å²) in [7, 11) is -3.60. The molecule has 0 aliphatic carbocycles. The van der Waals surface area contributed by atoms with Crippen LogP contribution < -0.4 is 4.72 Å². The van der Waals surface area contributed by atoms with Crippen molar-refractivity contribution in [2.75, 3.05) is 4.72 Å². The van der Waals surface area contributed by atoms with E-state index in [1.165, 1.54) is 12.1 Å². The van der Waals surface area contributed by atoms with Gasteiger partial charge in [0.05, 0.1) is 10.6 Å². The fourth-order valence-corrected chi connectivity index (χ4v) is 3.13. The molecular formula is C13H11BrClNO2S. The SMILES string of the molecule is Cc1ccc(Br)cc1NS(=O)(=O)c1ccc(Cl)cc1. The maximum atomic E-state index is 12.2. The van der Waals surface area contributed by atoms with Gasteiger partial charge in [0, 0.05) is 9.50 Å². The molecule has 0 aliphatic rings. The van der Waals surface area contributed by atoms with E-state index in [4.69, 9.17) is 11.6 Å². The minimum absolute atomic E-state index is 0.177. The molecule has 0 aromatic heterocycles. The van der Waals surface area contributed by atoms with Crippen molar-refractivity contribution in [3.8, 4) is 0 Å². The third kappa shape index (κ3) is 3.49. The van der Waals surface area contributed by atoms with Crippen molar-refractivity contribution >= 4 is 43.2 Å². The summed E-state index contributed by atoms with van der Waals surface area (Å²) >= 11 is 9.06. The smallest absolute Gasteiger partial charge is 0.261 e. The van der Waals surface area contributed by atoms with E-state index in [0.29, 0.717) is 10.7 Å². The van der Waals surface area contributed by atoms with Gasteiger partial charge in [0.25, 0.3) is 10.0 Å². The van der Waals surface area contributed by atoms with Gasteiger partial charge in [-0.2, -0.15) is 0 Å². The van der Waals surface area contributed by atoms with Gasteiger partial charge in [0.15, 0.2) is 0 Å². The van der Waals surface area contributed by atoms with E-state index >= 15 is 0 Å². The van der Waals surface area contributed by atoms with E-state index < -0.39 is 10.0 Å². The van der Waals surface area contributed by atoms with Gasteiger partial charge in [0.1, 0.15) is 0 Å². The summed E-state index contributed by atoms with van der Waals surface area (Å²) in [5.74, 6) is 0. The summed E-state index contributed by atoms with van der Waals surface area (Å²) in [5, 5.41) is 0.498. The summed E-state index contributed by atoms with van der Waals surface area (Å²) < 4.78 is 27.8. The van der Waals surface area contributed by atoms with Crippen LogP contribution in [-0.4, -0.2) is 8.42 Å². The quantitative estimate of drug-likeness (QED) is 0.891. The van der Waals surface area contributed by atoms with Crippen molar-refractivity contribution in [2.45, 2.75) is 11.8 Å². The van der Waals surface area contributed by atoms with Crippen molar-refractivity contribution in [2.24, 2.45) is 0 Å². The molecule has 100 valence electrons. The molecule has 0 aliphatic heterocycles. The molecule has 0 saturated heterocycles. The van der Waals surface area contributed by atoms with Crippen LogP contribution in [0.15, 0.2) is 51.8 Å². The Morgan fingerprint density at radius 1 is 1.11 bits per heavy atom. The van der Waals surface area contributed by atoms with E-state index in [0.717, 1.165) is 10.0 Å². The van der Waals surface area contributed by atoms with E-state index in [1.54, 1.807) is 18.2 Å². The van der Waals surface area contributed by atoms with Crippen LogP contribution in [0, 0.1) is 6.92 Å². The Hall–Kier alpha value is -1.04. The third-order valence-corrected chi connectivity index (χ3v) is 4.69. The second-order valence-electron chi connectivity index (χ2n) is 4.02. The van der Waals surface area contributed by atoms with Crippen molar-refractivity contribution in [1.82, 2.24) is 0 Å². The lowest BCUT2D eigenvalue weighted by atomic mass is 10.2. The van der Waals surface area contributed by atoms with Crippen LogP contribution in [0.5, 0.6) is 0 Å². The highest BCUT2D eigenvalue weighted by Crippen LogP contribution is 2.24. The number of benzene rings is 2. The highest BCUT2D eigenvalue weighted by molar-refractivity contribution is 9.10. The van der Waals surface area contributed by atoms with E-state index in [9.17, 15) is 8.42 Å². The summed E-state index contributed by atoms with van der Waals surface area (Å²) in [6.45, 7) is 1.84. The van der Waals surface area contributed by atoms with Crippen LogP contribution in [0.3, 0.4) is 0 Å². The second kappa shape index (κ2) is 5.53. The monoisotopic (exact) mass is 359 g/mol. The van der Waals surface area contributed by atoms with E-state index in [-0.39, 0.29) is 4.90 Å². The zero-order valence-electron chi connectivity index (χ0n) is 10.0. The highest BCUT2D eigenvalue weighted by atomic mass is 79.9. The first-order valence-electron chi connectivity index (χ1n) is 5.43. The summed E-state index contributed by atoms with van der Waals surface area (Å²) in [5.41, 5.74) is 1.39. The number of aryl methyl sites for hydroxylation is 1. The van der Waals surface area contributed by atoms with Gasteiger partial charge in [0.2, 0.25) is 0 Å². The molecule has 0 radical (unpaired) electrons. The highest BCUT2D eigenvalue weighted by Gasteiger charge is 2.15. The van der Waals surface area contributed by atoms with Gasteiger partial charge >= 0.3 is 0 Å². The van der Waals surface area contributed by atoms with Crippen LogP contribution in [0.25, 0.3) is 0 Å². The van der Waals surface area contributed by atoms with Gasteiger partial charge in [-0.05, 0) is 48.9 Å². The van der Waals surface area contributed by atoms with Crippen molar-refractivity contribution < 1.29 is 8.42 Å². The van der Waals surface area contributed by atoms with Gasteiger partial charge in [-0.3, -0.25) is 4.72 Å². The van der Waals surface area contributed by atoms with Crippen molar-refractivity contribution in [3.05, 3.63) is 57.5 Å². The fourth-order valence-electron chi connectivity index (χ4n) is 1.52. The number of sulfonamides is 1. The van der Waals surface area contributed by atoms with Crippen LogP contribution >= 0.6 is 27.5 Å². The molecule has 2 rings (SSSR count). The lowest BCUT2D eigenvalue weighted by Gasteiger charge is -2.11. The molecule has 0 amide bonds.